The molecule has 0 unspecified atom stereocenters. The van der Waals surface area contributed by atoms with E-state index in [0.29, 0.717) is 0 Å². The van der Waals surface area contributed by atoms with Crippen LogP contribution in [0.4, 0.5) is 0 Å². The van der Waals surface area contributed by atoms with Gasteiger partial charge in [-0.1, -0.05) is 6.92 Å². The summed E-state index contributed by atoms with van der Waals surface area (Å²) < 4.78 is 10.8. The van der Waals surface area contributed by atoms with Crippen molar-refractivity contribution in [3.63, 3.8) is 0 Å². The maximum Gasteiger partial charge on any atom is 0.100 e. The summed E-state index contributed by atoms with van der Waals surface area (Å²) in [6.07, 6.45) is 3.42. The Morgan fingerprint density at radius 2 is 1.38 bits per heavy atom. The van der Waals surface area contributed by atoms with Crippen LogP contribution in [0.15, 0.2) is 11.9 Å². The first-order valence-electron chi connectivity index (χ1n) is 6.27. The van der Waals surface area contributed by atoms with Crippen molar-refractivity contribution in [1.82, 2.24) is 9.80 Å². The van der Waals surface area contributed by atoms with Crippen molar-refractivity contribution >= 4 is 0 Å². The average Bonchev–Trinajstić information content (AvgIpc) is 2.38. The molecule has 0 atom stereocenters. The van der Waals surface area contributed by atoms with Gasteiger partial charge in [0.2, 0.25) is 0 Å². The highest BCUT2D eigenvalue weighted by molar-refractivity contribution is 5.02. The lowest BCUT2D eigenvalue weighted by Crippen LogP contribution is -2.45. The summed E-state index contributed by atoms with van der Waals surface area (Å²) in [4.78, 5) is 4.89. The van der Waals surface area contributed by atoms with Crippen LogP contribution in [-0.4, -0.2) is 62.4 Å². The minimum atomic E-state index is 0.853. The molecule has 4 nitrogen and oxygen atoms in total. The minimum Gasteiger partial charge on any atom is -0.378 e. The fraction of sp³-hybridized carbons (Fsp3) is 0.833. The predicted octanol–water partition coefficient (Wildman–Crippen LogP) is 0.902. The molecule has 2 rings (SSSR count). The van der Waals surface area contributed by atoms with E-state index >= 15 is 0 Å². The Morgan fingerprint density at radius 1 is 0.938 bits per heavy atom. The van der Waals surface area contributed by atoms with Gasteiger partial charge in [-0.2, -0.15) is 0 Å². The first-order valence-corrected chi connectivity index (χ1v) is 6.27. The van der Waals surface area contributed by atoms with Crippen molar-refractivity contribution in [3.05, 3.63) is 11.9 Å². The highest BCUT2D eigenvalue weighted by atomic mass is 16.5. The molecule has 2 aliphatic rings. The first-order chi connectivity index (χ1) is 7.92. The summed E-state index contributed by atoms with van der Waals surface area (Å²) in [7, 11) is 0. The molecule has 0 aromatic carbocycles. The molecule has 0 aliphatic carbocycles. The van der Waals surface area contributed by atoms with E-state index in [1.54, 1.807) is 0 Å². The zero-order chi connectivity index (χ0) is 11.2. The van der Waals surface area contributed by atoms with Gasteiger partial charge in [-0.05, 0) is 12.5 Å². The summed E-state index contributed by atoms with van der Waals surface area (Å²) in [6, 6.07) is 0. The van der Waals surface area contributed by atoms with Crippen LogP contribution in [0.2, 0.25) is 0 Å². The Hall–Kier alpha value is -0.740. The van der Waals surface area contributed by atoms with E-state index in [4.69, 9.17) is 9.47 Å². The van der Waals surface area contributed by atoms with E-state index in [0.717, 1.165) is 59.0 Å². The summed E-state index contributed by atoms with van der Waals surface area (Å²) in [5, 5.41) is 0. The number of morpholine rings is 2. The molecule has 0 aromatic heterocycles. The van der Waals surface area contributed by atoms with Gasteiger partial charge in [0, 0.05) is 26.2 Å². The molecular weight excluding hydrogens is 204 g/mol. The van der Waals surface area contributed by atoms with Gasteiger partial charge in [-0.3, -0.25) is 0 Å². The van der Waals surface area contributed by atoms with Crippen LogP contribution in [-0.2, 0) is 9.47 Å². The van der Waals surface area contributed by atoms with Crippen molar-refractivity contribution < 1.29 is 9.47 Å². The SMILES string of the molecule is CCC=C(N1CCOCC1)N1CCOCC1. The van der Waals surface area contributed by atoms with E-state index in [9.17, 15) is 0 Å². The van der Waals surface area contributed by atoms with Crippen LogP contribution in [0.1, 0.15) is 13.3 Å². The number of ether oxygens (including phenoxy) is 2. The fourth-order valence-corrected chi connectivity index (χ4v) is 2.23. The van der Waals surface area contributed by atoms with Crippen molar-refractivity contribution in [2.45, 2.75) is 13.3 Å². The van der Waals surface area contributed by atoms with Crippen molar-refractivity contribution in [2.24, 2.45) is 0 Å². The molecule has 0 bridgehead atoms. The molecule has 0 aromatic rings. The summed E-state index contributed by atoms with van der Waals surface area (Å²) >= 11 is 0. The van der Waals surface area contributed by atoms with Gasteiger partial charge in [-0.25, -0.2) is 0 Å². The van der Waals surface area contributed by atoms with Crippen LogP contribution in [0, 0.1) is 0 Å². The van der Waals surface area contributed by atoms with Crippen LogP contribution in [0.25, 0.3) is 0 Å². The summed E-state index contributed by atoms with van der Waals surface area (Å²) in [5.74, 6) is 1.38. The third-order valence-corrected chi connectivity index (χ3v) is 3.06. The number of hydrogen-bond donors (Lipinski definition) is 0. The Morgan fingerprint density at radius 3 is 1.75 bits per heavy atom. The van der Waals surface area contributed by atoms with E-state index in [2.05, 4.69) is 22.8 Å². The standard InChI is InChI=1S/C12H22N2O2/c1-2-3-12(13-4-8-15-9-5-13)14-6-10-16-11-7-14/h3H,2,4-11H2,1H3. The van der Waals surface area contributed by atoms with Crippen molar-refractivity contribution in [3.8, 4) is 0 Å². The Balaban J connectivity index is 2.00. The molecule has 2 fully saturated rings. The Kier molecular flexibility index (Phi) is 4.48. The number of nitrogens with zero attached hydrogens (tertiary/aromatic N) is 2. The number of allylic oxidation sites excluding steroid dienone is 1. The molecule has 2 heterocycles. The second-order valence-electron chi connectivity index (χ2n) is 4.17. The molecule has 0 spiro atoms. The molecular formula is C12H22N2O2. The third-order valence-electron chi connectivity index (χ3n) is 3.06. The van der Waals surface area contributed by atoms with E-state index < -0.39 is 0 Å². The monoisotopic (exact) mass is 226 g/mol. The largest absolute Gasteiger partial charge is 0.378 e. The Labute approximate surface area is 97.8 Å². The zero-order valence-electron chi connectivity index (χ0n) is 10.2. The van der Waals surface area contributed by atoms with E-state index in [-0.39, 0.29) is 0 Å². The molecule has 16 heavy (non-hydrogen) atoms. The predicted molar refractivity (Wildman–Crippen MR) is 63.2 cm³/mol. The number of rotatable bonds is 3. The zero-order valence-corrected chi connectivity index (χ0v) is 10.2. The molecule has 0 N–H and O–H groups in total. The molecule has 92 valence electrons. The Bertz CT molecular complexity index is 211. The average molecular weight is 226 g/mol. The quantitative estimate of drug-likeness (QED) is 0.714. The molecule has 0 amide bonds. The van der Waals surface area contributed by atoms with Crippen LogP contribution < -0.4 is 0 Å². The lowest BCUT2D eigenvalue weighted by molar-refractivity contribution is 0.00833. The fourth-order valence-electron chi connectivity index (χ4n) is 2.23. The third kappa shape index (κ3) is 2.89. The second-order valence-corrected chi connectivity index (χ2v) is 4.17. The van der Waals surface area contributed by atoms with Gasteiger partial charge < -0.3 is 19.3 Å². The van der Waals surface area contributed by atoms with Crippen LogP contribution >= 0.6 is 0 Å². The molecule has 0 saturated carbocycles. The van der Waals surface area contributed by atoms with Gasteiger partial charge in [0.05, 0.1) is 26.4 Å². The highest BCUT2D eigenvalue weighted by Crippen LogP contribution is 2.15. The maximum atomic E-state index is 5.40. The summed E-state index contributed by atoms with van der Waals surface area (Å²) in [6.45, 7) is 9.67. The molecule has 2 saturated heterocycles. The van der Waals surface area contributed by atoms with E-state index in [1.165, 1.54) is 5.82 Å². The molecule has 0 radical (unpaired) electrons. The molecule has 4 heteroatoms. The smallest absolute Gasteiger partial charge is 0.100 e. The summed E-state index contributed by atoms with van der Waals surface area (Å²) in [5.41, 5.74) is 0. The van der Waals surface area contributed by atoms with Gasteiger partial charge in [0.1, 0.15) is 5.82 Å². The molecule has 2 aliphatic heterocycles. The lowest BCUT2D eigenvalue weighted by Gasteiger charge is -2.39. The van der Waals surface area contributed by atoms with Crippen LogP contribution in [0.5, 0.6) is 0 Å². The topological polar surface area (TPSA) is 24.9 Å². The van der Waals surface area contributed by atoms with Gasteiger partial charge in [0.25, 0.3) is 0 Å². The first kappa shape index (κ1) is 11.7. The minimum absolute atomic E-state index is 0.853. The second kappa shape index (κ2) is 6.11. The highest BCUT2D eigenvalue weighted by Gasteiger charge is 2.20. The van der Waals surface area contributed by atoms with Gasteiger partial charge in [-0.15, -0.1) is 0 Å². The normalized spacial score (nSPS) is 22.1. The van der Waals surface area contributed by atoms with Gasteiger partial charge in [0.15, 0.2) is 0 Å². The van der Waals surface area contributed by atoms with Crippen molar-refractivity contribution in [2.75, 3.05) is 52.6 Å². The maximum absolute atomic E-state index is 5.40. The number of hydrogen-bond acceptors (Lipinski definition) is 4. The lowest BCUT2D eigenvalue weighted by atomic mass is 10.3. The van der Waals surface area contributed by atoms with Gasteiger partial charge >= 0.3 is 0 Å². The van der Waals surface area contributed by atoms with E-state index in [1.807, 2.05) is 0 Å². The van der Waals surface area contributed by atoms with Crippen molar-refractivity contribution in [1.29, 1.82) is 0 Å². The van der Waals surface area contributed by atoms with Crippen LogP contribution in [0.3, 0.4) is 0 Å².